The summed E-state index contributed by atoms with van der Waals surface area (Å²) in [5, 5.41) is 11.7. The summed E-state index contributed by atoms with van der Waals surface area (Å²) in [5.74, 6) is -0.615. The molecule has 112 valence electrons. The molecule has 1 rings (SSSR count). The van der Waals surface area contributed by atoms with Gasteiger partial charge in [-0.1, -0.05) is 20.8 Å². The van der Waals surface area contributed by atoms with Crippen LogP contribution in [0.5, 0.6) is 0 Å². The standard InChI is InChI=1S/C14H22N2O3S/c1-4-12-15-11(9-20-12)7-13(17)16(8-10(2)3)6-5-14(18)19/h9-10H,4-8H2,1-3H3,(H,18,19). The van der Waals surface area contributed by atoms with Gasteiger partial charge in [0.2, 0.25) is 5.91 Å². The highest BCUT2D eigenvalue weighted by molar-refractivity contribution is 7.09. The fraction of sp³-hybridized carbons (Fsp3) is 0.643. The van der Waals surface area contributed by atoms with E-state index in [9.17, 15) is 9.59 Å². The predicted octanol–water partition coefficient (Wildman–Crippen LogP) is 2.21. The van der Waals surface area contributed by atoms with Crippen LogP contribution in [0.3, 0.4) is 0 Å². The van der Waals surface area contributed by atoms with E-state index in [-0.39, 0.29) is 25.3 Å². The number of hydrogen-bond donors (Lipinski definition) is 1. The first-order chi connectivity index (χ1) is 9.42. The summed E-state index contributed by atoms with van der Waals surface area (Å²) in [5.41, 5.74) is 0.779. The van der Waals surface area contributed by atoms with E-state index in [4.69, 9.17) is 5.11 Å². The van der Waals surface area contributed by atoms with Crippen LogP contribution in [-0.2, 0) is 22.4 Å². The van der Waals surface area contributed by atoms with Crippen LogP contribution in [0.25, 0.3) is 0 Å². The molecule has 0 bridgehead atoms. The molecule has 0 aliphatic heterocycles. The van der Waals surface area contributed by atoms with Crippen molar-refractivity contribution >= 4 is 23.2 Å². The average molecular weight is 298 g/mol. The van der Waals surface area contributed by atoms with Crippen molar-refractivity contribution in [3.8, 4) is 0 Å². The number of thiazole rings is 1. The number of aromatic nitrogens is 1. The van der Waals surface area contributed by atoms with Crippen molar-refractivity contribution in [3.63, 3.8) is 0 Å². The quantitative estimate of drug-likeness (QED) is 0.799. The highest BCUT2D eigenvalue weighted by Crippen LogP contribution is 2.12. The van der Waals surface area contributed by atoms with E-state index in [1.807, 2.05) is 26.2 Å². The van der Waals surface area contributed by atoms with Crippen LogP contribution in [0, 0.1) is 5.92 Å². The Morgan fingerprint density at radius 3 is 2.65 bits per heavy atom. The molecule has 20 heavy (non-hydrogen) atoms. The summed E-state index contributed by atoms with van der Waals surface area (Å²) in [4.78, 5) is 28.9. The van der Waals surface area contributed by atoms with Crippen molar-refractivity contribution in [1.82, 2.24) is 9.88 Å². The third-order valence-corrected chi connectivity index (χ3v) is 3.81. The Morgan fingerprint density at radius 1 is 1.45 bits per heavy atom. The van der Waals surface area contributed by atoms with Gasteiger partial charge in [-0.25, -0.2) is 4.98 Å². The molecule has 1 aromatic rings. The topological polar surface area (TPSA) is 70.5 Å². The van der Waals surface area contributed by atoms with Gasteiger partial charge in [0.25, 0.3) is 0 Å². The van der Waals surface area contributed by atoms with E-state index < -0.39 is 5.97 Å². The van der Waals surface area contributed by atoms with Gasteiger partial charge in [0.1, 0.15) is 0 Å². The predicted molar refractivity (Wildman–Crippen MR) is 78.9 cm³/mol. The Labute approximate surface area is 123 Å². The third kappa shape index (κ3) is 5.69. The monoisotopic (exact) mass is 298 g/mol. The summed E-state index contributed by atoms with van der Waals surface area (Å²) < 4.78 is 0. The lowest BCUT2D eigenvalue weighted by Gasteiger charge is -2.23. The van der Waals surface area contributed by atoms with Gasteiger partial charge in [0, 0.05) is 18.5 Å². The van der Waals surface area contributed by atoms with Crippen molar-refractivity contribution in [2.75, 3.05) is 13.1 Å². The molecular formula is C14H22N2O3S. The molecule has 0 saturated heterocycles. The Morgan fingerprint density at radius 2 is 2.15 bits per heavy atom. The number of carbonyl (C=O) groups excluding carboxylic acids is 1. The molecule has 1 aromatic heterocycles. The second-order valence-electron chi connectivity index (χ2n) is 5.14. The summed E-state index contributed by atoms with van der Waals surface area (Å²) in [6.07, 6.45) is 1.10. The number of carboxylic acid groups (broad SMARTS) is 1. The number of carboxylic acids is 1. The largest absolute Gasteiger partial charge is 0.481 e. The molecule has 0 saturated carbocycles. The van der Waals surface area contributed by atoms with Crippen LogP contribution < -0.4 is 0 Å². The molecule has 0 unspecified atom stereocenters. The first-order valence-corrected chi connectivity index (χ1v) is 7.73. The van der Waals surface area contributed by atoms with Gasteiger partial charge in [-0.05, 0) is 12.3 Å². The van der Waals surface area contributed by atoms with Gasteiger partial charge >= 0.3 is 5.97 Å². The van der Waals surface area contributed by atoms with E-state index in [0.717, 1.165) is 17.1 Å². The summed E-state index contributed by atoms with van der Waals surface area (Å²) in [6, 6.07) is 0. The Bertz CT molecular complexity index is 457. The second kappa shape index (κ2) is 7.99. The molecule has 5 nitrogen and oxygen atoms in total. The first-order valence-electron chi connectivity index (χ1n) is 6.85. The number of amides is 1. The Balaban J connectivity index is 2.63. The maximum atomic E-state index is 12.3. The number of rotatable bonds is 8. The molecule has 0 aliphatic rings. The molecule has 6 heteroatoms. The molecule has 1 amide bonds. The van der Waals surface area contributed by atoms with Crippen LogP contribution in [0.2, 0.25) is 0 Å². The molecule has 1 N–H and O–H groups in total. The molecule has 0 radical (unpaired) electrons. The Kier molecular flexibility index (Phi) is 6.64. The van der Waals surface area contributed by atoms with Crippen LogP contribution in [0.1, 0.15) is 37.9 Å². The minimum atomic E-state index is -0.881. The molecule has 1 heterocycles. The Hall–Kier alpha value is -1.43. The van der Waals surface area contributed by atoms with E-state index >= 15 is 0 Å². The van der Waals surface area contributed by atoms with Gasteiger partial charge in [-0.15, -0.1) is 11.3 Å². The van der Waals surface area contributed by atoms with Crippen LogP contribution in [-0.4, -0.2) is 40.0 Å². The van der Waals surface area contributed by atoms with E-state index in [1.165, 1.54) is 0 Å². The van der Waals surface area contributed by atoms with Crippen molar-refractivity contribution in [2.24, 2.45) is 5.92 Å². The molecule has 0 aliphatic carbocycles. The van der Waals surface area contributed by atoms with Gasteiger partial charge in [-0.2, -0.15) is 0 Å². The fourth-order valence-corrected chi connectivity index (χ4v) is 2.59. The maximum Gasteiger partial charge on any atom is 0.305 e. The van der Waals surface area contributed by atoms with E-state index in [1.54, 1.807) is 16.2 Å². The number of nitrogens with zero attached hydrogens (tertiary/aromatic N) is 2. The van der Waals surface area contributed by atoms with E-state index in [0.29, 0.717) is 12.5 Å². The number of carbonyl (C=O) groups is 2. The minimum Gasteiger partial charge on any atom is -0.481 e. The minimum absolute atomic E-state index is 0.0181. The molecule has 0 spiro atoms. The number of aryl methyl sites for hydroxylation is 1. The smallest absolute Gasteiger partial charge is 0.305 e. The second-order valence-corrected chi connectivity index (χ2v) is 6.08. The lowest BCUT2D eigenvalue weighted by molar-refractivity contribution is -0.138. The van der Waals surface area contributed by atoms with Crippen molar-refractivity contribution in [1.29, 1.82) is 0 Å². The molecule has 0 aromatic carbocycles. The summed E-state index contributed by atoms with van der Waals surface area (Å²) >= 11 is 1.56. The highest BCUT2D eigenvalue weighted by atomic mass is 32.1. The number of aliphatic carboxylic acids is 1. The number of hydrogen-bond acceptors (Lipinski definition) is 4. The summed E-state index contributed by atoms with van der Waals surface area (Å²) in [6.45, 7) is 6.90. The fourth-order valence-electron chi connectivity index (χ4n) is 1.85. The molecular weight excluding hydrogens is 276 g/mol. The van der Waals surface area contributed by atoms with Crippen LogP contribution in [0.15, 0.2) is 5.38 Å². The maximum absolute atomic E-state index is 12.3. The third-order valence-electron chi connectivity index (χ3n) is 2.77. The molecule has 0 fully saturated rings. The normalized spacial score (nSPS) is 10.8. The van der Waals surface area contributed by atoms with Crippen molar-refractivity contribution < 1.29 is 14.7 Å². The van der Waals surface area contributed by atoms with Gasteiger partial charge in [0.15, 0.2) is 0 Å². The zero-order valence-electron chi connectivity index (χ0n) is 12.3. The zero-order valence-corrected chi connectivity index (χ0v) is 13.1. The van der Waals surface area contributed by atoms with E-state index in [2.05, 4.69) is 4.98 Å². The average Bonchev–Trinajstić information content (AvgIpc) is 2.81. The van der Waals surface area contributed by atoms with Crippen molar-refractivity contribution in [2.45, 2.75) is 40.0 Å². The van der Waals surface area contributed by atoms with Crippen LogP contribution in [0.4, 0.5) is 0 Å². The van der Waals surface area contributed by atoms with Gasteiger partial charge in [-0.3, -0.25) is 9.59 Å². The van der Waals surface area contributed by atoms with Gasteiger partial charge in [0.05, 0.1) is 23.5 Å². The SMILES string of the molecule is CCc1nc(CC(=O)N(CCC(=O)O)CC(C)C)cs1. The highest BCUT2D eigenvalue weighted by Gasteiger charge is 2.17. The van der Waals surface area contributed by atoms with Gasteiger partial charge < -0.3 is 10.0 Å². The first kappa shape index (κ1) is 16.6. The lowest BCUT2D eigenvalue weighted by atomic mass is 10.2. The molecule has 0 atom stereocenters. The van der Waals surface area contributed by atoms with Crippen LogP contribution >= 0.6 is 11.3 Å². The van der Waals surface area contributed by atoms with Crippen molar-refractivity contribution in [3.05, 3.63) is 16.1 Å². The zero-order chi connectivity index (χ0) is 15.1. The summed E-state index contributed by atoms with van der Waals surface area (Å²) in [7, 11) is 0. The lowest BCUT2D eigenvalue weighted by Crippen LogP contribution is -2.37.